The Morgan fingerprint density at radius 2 is 1.92 bits per heavy atom. The van der Waals surface area contributed by atoms with E-state index in [1.54, 1.807) is 12.1 Å². The molecule has 2 fully saturated rings. The maximum absolute atomic E-state index is 12.6. The van der Waals surface area contributed by atoms with E-state index < -0.39 is 10.0 Å². The predicted octanol–water partition coefficient (Wildman–Crippen LogP) is 2.51. The maximum atomic E-state index is 12.6. The second-order valence-corrected chi connectivity index (χ2v) is 11.8. The quantitative estimate of drug-likeness (QED) is 0.727. The van der Waals surface area contributed by atoms with E-state index in [-0.39, 0.29) is 11.9 Å². The van der Waals surface area contributed by atoms with Crippen LogP contribution in [-0.2, 0) is 14.8 Å². The van der Waals surface area contributed by atoms with Crippen LogP contribution in [0.25, 0.3) is 0 Å². The first-order chi connectivity index (χ1) is 12.4. The lowest BCUT2D eigenvalue weighted by Crippen LogP contribution is -2.52. The van der Waals surface area contributed by atoms with Crippen molar-refractivity contribution < 1.29 is 13.2 Å². The van der Waals surface area contributed by atoms with E-state index in [4.69, 9.17) is 0 Å². The van der Waals surface area contributed by atoms with Gasteiger partial charge in [-0.15, -0.1) is 11.3 Å². The summed E-state index contributed by atoms with van der Waals surface area (Å²) in [5.41, 5.74) is 0. The van der Waals surface area contributed by atoms with Gasteiger partial charge in [-0.3, -0.25) is 9.69 Å². The van der Waals surface area contributed by atoms with Gasteiger partial charge < -0.3 is 5.32 Å². The largest absolute Gasteiger partial charge is 0.352 e. The normalized spacial score (nSPS) is 25.9. The number of hydrogen-bond acceptors (Lipinski definition) is 5. The highest BCUT2D eigenvalue weighted by molar-refractivity contribution is 9.11. The van der Waals surface area contributed by atoms with Gasteiger partial charge in [0, 0.05) is 32.2 Å². The van der Waals surface area contributed by atoms with Crippen LogP contribution in [0.2, 0.25) is 0 Å². The first-order valence-corrected chi connectivity index (χ1v) is 12.2. The summed E-state index contributed by atoms with van der Waals surface area (Å²) >= 11 is 4.54. The van der Waals surface area contributed by atoms with Crippen LogP contribution in [0, 0.1) is 5.92 Å². The Morgan fingerprint density at radius 3 is 2.54 bits per heavy atom. The second-order valence-electron chi connectivity index (χ2n) is 7.17. The molecule has 0 spiro atoms. The average Bonchev–Trinajstić information content (AvgIpc) is 3.05. The summed E-state index contributed by atoms with van der Waals surface area (Å²) in [6.45, 7) is 4.56. The van der Waals surface area contributed by atoms with Crippen LogP contribution in [0.3, 0.4) is 0 Å². The third-order valence-corrected chi connectivity index (χ3v) is 9.29. The van der Waals surface area contributed by atoms with Gasteiger partial charge in [0.05, 0.1) is 10.3 Å². The smallest absolute Gasteiger partial charge is 0.252 e. The third-order valence-electron chi connectivity index (χ3n) is 5.30. The molecule has 3 rings (SSSR count). The number of nitrogens with one attached hydrogen (secondary N) is 1. The monoisotopic (exact) mass is 463 g/mol. The van der Waals surface area contributed by atoms with Gasteiger partial charge in [-0.2, -0.15) is 4.31 Å². The van der Waals surface area contributed by atoms with Gasteiger partial charge in [0.25, 0.3) is 10.0 Å². The summed E-state index contributed by atoms with van der Waals surface area (Å²) in [5.74, 6) is 0.599. The van der Waals surface area contributed by atoms with Crippen LogP contribution in [0.4, 0.5) is 0 Å². The van der Waals surface area contributed by atoms with Crippen LogP contribution < -0.4 is 5.32 Å². The fraction of sp³-hybridized carbons (Fsp3) is 0.706. The molecule has 146 valence electrons. The summed E-state index contributed by atoms with van der Waals surface area (Å²) in [4.78, 5) is 14.4. The van der Waals surface area contributed by atoms with Crippen LogP contribution in [0.15, 0.2) is 20.1 Å². The molecule has 9 heteroatoms. The van der Waals surface area contributed by atoms with E-state index >= 15 is 0 Å². The average molecular weight is 464 g/mol. The van der Waals surface area contributed by atoms with Gasteiger partial charge in [0.15, 0.2) is 0 Å². The summed E-state index contributed by atoms with van der Waals surface area (Å²) in [5, 5.41) is 3.17. The molecule has 1 aromatic rings. The zero-order valence-corrected chi connectivity index (χ0v) is 18.2. The standard InChI is InChI=1S/C17H26BrN3O3S2/c1-13-4-2-3-5-14(13)19-16(22)12-20-8-10-21(11-9-20)26(23,24)17-7-6-15(18)25-17/h6-7,13-14H,2-5,8-12H2,1H3,(H,19,22)/t13-,14-/m0/s1. The van der Waals surface area contributed by atoms with Gasteiger partial charge in [-0.1, -0.05) is 19.8 Å². The van der Waals surface area contributed by atoms with Crippen molar-refractivity contribution in [1.82, 2.24) is 14.5 Å². The SMILES string of the molecule is C[C@H]1CCCC[C@@H]1NC(=O)CN1CCN(S(=O)(=O)c2ccc(Br)s2)CC1. The van der Waals surface area contributed by atoms with Crippen LogP contribution in [-0.4, -0.2) is 62.3 Å². The van der Waals surface area contributed by atoms with E-state index in [0.717, 1.165) is 10.2 Å². The Kier molecular flexibility index (Phi) is 6.77. The number of nitrogens with zero attached hydrogens (tertiary/aromatic N) is 2. The number of halogens is 1. The minimum atomic E-state index is -3.43. The van der Waals surface area contributed by atoms with Gasteiger partial charge in [-0.25, -0.2) is 8.42 Å². The molecule has 1 amide bonds. The minimum Gasteiger partial charge on any atom is -0.352 e. The molecule has 2 aliphatic rings. The molecule has 2 atom stereocenters. The Morgan fingerprint density at radius 1 is 1.23 bits per heavy atom. The summed E-state index contributed by atoms with van der Waals surface area (Å²) in [7, 11) is -3.43. The number of carbonyl (C=O) groups excluding carboxylic acids is 1. The van der Waals surface area contributed by atoms with Crippen molar-refractivity contribution in [3.63, 3.8) is 0 Å². The summed E-state index contributed by atoms with van der Waals surface area (Å²) in [6.07, 6.45) is 4.69. The molecule has 1 aliphatic carbocycles. The molecule has 26 heavy (non-hydrogen) atoms. The maximum Gasteiger partial charge on any atom is 0.252 e. The molecule has 0 radical (unpaired) electrons. The first-order valence-electron chi connectivity index (χ1n) is 9.13. The lowest BCUT2D eigenvalue weighted by atomic mass is 9.86. The molecule has 0 aromatic carbocycles. The van der Waals surface area contributed by atoms with E-state index in [9.17, 15) is 13.2 Å². The number of thiophene rings is 1. The zero-order valence-electron chi connectivity index (χ0n) is 15.0. The molecule has 1 N–H and O–H groups in total. The third kappa shape index (κ3) is 4.86. The highest BCUT2D eigenvalue weighted by Crippen LogP contribution is 2.29. The van der Waals surface area contributed by atoms with Crippen LogP contribution in [0.5, 0.6) is 0 Å². The summed E-state index contributed by atoms with van der Waals surface area (Å²) < 4.78 is 28.0. The molecule has 1 saturated heterocycles. The Labute approximate surface area is 168 Å². The van der Waals surface area contributed by atoms with E-state index in [1.807, 2.05) is 4.90 Å². The molecular weight excluding hydrogens is 438 g/mol. The van der Waals surface area contributed by atoms with E-state index in [1.165, 1.54) is 34.9 Å². The molecule has 1 aliphatic heterocycles. The number of amides is 1. The predicted molar refractivity (Wildman–Crippen MR) is 107 cm³/mol. The highest BCUT2D eigenvalue weighted by atomic mass is 79.9. The lowest BCUT2D eigenvalue weighted by Gasteiger charge is -2.34. The van der Waals surface area contributed by atoms with E-state index in [2.05, 4.69) is 28.2 Å². The van der Waals surface area contributed by atoms with Crippen molar-refractivity contribution >= 4 is 43.2 Å². The molecule has 2 heterocycles. The minimum absolute atomic E-state index is 0.0576. The van der Waals surface area contributed by atoms with Crippen LogP contribution >= 0.6 is 27.3 Å². The topological polar surface area (TPSA) is 69.7 Å². The summed E-state index contributed by atoms with van der Waals surface area (Å²) in [6, 6.07) is 3.68. The lowest BCUT2D eigenvalue weighted by molar-refractivity contribution is -0.123. The zero-order chi connectivity index (χ0) is 18.7. The second kappa shape index (κ2) is 8.68. The Bertz CT molecular complexity index is 729. The Balaban J connectivity index is 1.48. The molecular formula is C17H26BrN3O3S2. The number of rotatable bonds is 5. The van der Waals surface area contributed by atoms with Crippen molar-refractivity contribution in [2.24, 2.45) is 5.92 Å². The fourth-order valence-corrected chi connectivity index (χ4v) is 7.26. The molecule has 1 saturated carbocycles. The van der Waals surface area contributed by atoms with E-state index in [0.29, 0.717) is 42.9 Å². The fourth-order valence-electron chi connectivity index (χ4n) is 3.68. The first kappa shape index (κ1) is 20.3. The van der Waals surface area contributed by atoms with Crippen molar-refractivity contribution in [3.05, 3.63) is 15.9 Å². The number of hydrogen-bond donors (Lipinski definition) is 1. The van der Waals surface area contributed by atoms with Crippen molar-refractivity contribution in [1.29, 1.82) is 0 Å². The molecule has 6 nitrogen and oxygen atoms in total. The number of sulfonamides is 1. The van der Waals surface area contributed by atoms with Crippen molar-refractivity contribution in [2.75, 3.05) is 32.7 Å². The van der Waals surface area contributed by atoms with Gasteiger partial charge >= 0.3 is 0 Å². The highest BCUT2D eigenvalue weighted by Gasteiger charge is 2.30. The van der Waals surface area contributed by atoms with Gasteiger partial charge in [0.1, 0.15) is 4.21 Å². The van der Waals surface area contributed by atoms with Crippen LogP contribution in [0.1, 0.15) is 32.6 Å². The Hall–Kier alpha value is -0.480. The molecule has 1 aromatic heterocycles. The molecule has 0 unspecified atom stereocenters. The van der Waals surface area contributed by atoms with Crippen molar-refractivity contribution in [2.45, 2.75) is 42.9 Å². The van der Waals surface area contributed by atoms with Gasteiger partial charge in [0.2, 0.25) is 5.91 Å². The van der Waals surface area contributed by atoms with Crippen molar-refractivity contribution in [3.8, 4) is 0 Å². The number of carbonyl (C=O) groups is 1. The molecule has 0 bridgehead atoms. The van der Waals surface area contributed by atoms with Gasteiger partial charge in [-0.05, 0) is 46.8 Å². The number of piperazine rings is 1.